The Labute approximate surface area is 187 Å². The monoisotopic (exact) mass is 444 g/mol. The standard InChI is InChI=1S/C23H29ClN4O3/c1-13(2)17-10-27(3)22(30)15-6-5-14(9-16(15)17)21-18(24)11-28(4)23(26-21)25-19-7-8-31-12-20(19)29/h5-6,9-10,13,19-20,29H,7-8,11-12H2,1-4H3,(H,25,26)/t19-,20-/m1/s1. The molecule has 166 valence electrons. The summed E-state index contributed by atoms with van der Waals surface area (Å²) >= 11 is 6.64. The Hall–Kier alpha value is -2.35. The molecule has 1 aromatic carbocycles. The highest BCUT2D eigenvalue weighted by Gasteiger charge is 2.27. The molecule has 4 rings (SSSR count). The number of hydrogen-bond acceptors (Lipinski definition) is 4. The van der Waals surface area contributed by atoms with Crippen LogP contribution in [0.25, 0.3) is 16.5 Å². The van der Waals surface area contributed by atoms with Gasteiger partial charge in [-0.3, -0.25) is 4.79 Å². The SMILES string of the molecule is CC(C)c1cn(C)c(=O)c2ccc(C3=C(Cl)CN(C)C(=N[C@@H]4CCOC[C@H]4O)N3)cc12. The number of nitrogens with zero attached hydrogens (tertiary/aromatic N) is 3. The van der Waals surface area contributed by atoms with Gasteiger partial charge in [-0.05, 0) is 41.0 Å². The maximum atomic E-state index is 12.7. The van der Waals surface area contributed by atoms with Gasteiger partial charge in [-0.1, -0.05) is 31.5 Å². The molecule has 0 amide bonds. The van der Waals surface area contributed by atoms with E-state index >= 15 is 0 Å². The van der Waals surface area contributed by atoms with E-state index in [1.54, 1.807) is 11.6 Å². The van der Waals surface area contributed by atoms with Gasteiger partial charge in [-0.25, -0.2) is 4.99 Å². The highest BCUT2D eigenvalue weighted by Crippen LogP contribution is 2.29. The first-order chi connectivity index (χ1) is 14.8. The lowest BCUT2D eigenvalue weighted by Crippen LogP contribution is -2.46. The molecule has 31 heavy (non-hydrogen) atoms. The van der Waals surface area contributed by atoms with Crippen molar-refractivity contribution in [3.8, 4) is 0 Å². The molecule has 2 aromatic rings. The molecule has 0 radical (unpaired) electrons. The van der Waals surface area contributed by atoms with E-state index in [1.807, 2.05) is 36.3 Å². The Morgan fingerprint density at radius 1 is 1.29 bits per heavy atom. The first-order valence-corrected chi connectivity index (χ1v) is 11.0. The zero-order valence-electron chi connectivity index (χ0n) is 18.4. The van der Waals surface area contributed by atoms with Crippen LogP contribution in [0.2, 0.25) is 0 Å². The molecule has 1 saturated heterocycles. The number of aliphatic hydroxyl groups excluding tert-OH is 1. The number of likely N-dealkylation sites (N-methyl/N-ethyl adjacent to an activating group) is 1. The summed E-state index contributed by atoms with van der Waals surface area (Å²) in [7, 11) is 3.70. The van der Waals surface area contributed by atoms with E-state index in [0.717, 1.165) is 22.2 Å². The molecule has 1 aromatic heterocycles. The van der Waals surface area contributed by atoms with Gasteiger partial charge in [0.2, 0.25) is 0 Å². The van der Waals surface area contributed by atoms with E-state index in [-0.39, 0.29) is 17.5 Å². The average molecular weight is 445 g/mol. The number of aromatic nitrogens is 1. The molecule has 3 heterocycles. The Bertz CT molecular complexity index is 1120. The Balaban J connectivity index is 1.76. The normalized spacial score (nSPS) is 23.7. The lowest BCUT2D eigenvalue weighted by molar-refractivity contribution is -0.0179. The molecule has 0 bridgehead atoms. The number of halogens is 1. The van der Waals surface area contributed by atoms with Gasteiger partial charge in [0.1, 0.15) is 0 Å². The quantitative estimate of drug-likeness (QED) is 0.760. The number of pyridine rings is 1. The molecular weight excluding hydrogens is 416 g/mol. The maximum Gasteiger partial charge on any atom is 0.258 e. The molecule has 1 fully saturated rings. The smallest absolute Gasteiger partial charge is 0.258 e. The van der Waals surface area contributed by atoms with E-state index in [1.165, 1.54) is 0 Å². The summed E-state index contributed by atoms with van der Waals surface area (Å²) in [6, 6.07) is 5.60. The van der Waals surface area contributed by atoms with Gasteiger partial charge >= 0.3 is 0 Å². The van der Waals surface area contributed by atoms with Crippen molar-refractivity contribution in [2.75, 3.05) is 26.8 Å². The summed E-state index contributed by atoms with van der Waals surface area (Å²) in [6.45, 7) is 5.63. The summed E-state index contributed by atoms with van der Waals surface area (Å²) in [5.41, 5.74) is 2.78. The molecule has 2 atom stereocenters. The van der Waals surface area contributed by atoms with Gasteiger partial charge in [0.15, 0.2) is 5.96 Å². The fraction of sp³-hybridized carbons (Fsp3) is 0.478. The van der Waals surface area contributed by atoms with Crippen LogP contribution in [0, 0.1) is 0 Å². The maximum absolute atomic E-state index is 12.7. The van der Waals surface area contributed by atoms with Crippen molar-refractivity contribution in [3.63, 3.8) is 0 Å². The number of ether oxygens (including phenoxy) is 1. The van der Waals surface area contributed by atoms with Crippen molar-refractivity contribution in [2.45, 2.75) is 38.3 Å². The summed E-state index contributed by atoms with van der Waals surface area (Å²) in [5.74, 6) is 0.935. The fourth-order valence-electron chi connectivity index (χ4n) is 4.13. The molecule has 7 nitrogen and oxygen atoms in total. The fourth-order valence-corrected chi connectivity index (χ4v) is 4.46. The third-order valence-corrected chi connectivity index (χ3v) is 6.26. The van der Waals surface area contributed by atoms with Crippen molar-refractivity contribution in [1.29, 1.82) is 0 Å². The number of nitrogens with one attached hydrogen (secondary N) is 1. The van der Waals surface area contributed by atoms with Crippen molar-refractivity contribution in [1.82, 2.24) is 14.8 Å². The third-order valence-electron chi connectivity index (χ3n) is 5.95. The Morgan fingerprint density at radius 3 is 2.77 bits per heavy atom. The largest absolute Gasteiger partial charge is 0.388 e. The van der Waals surface area contributed by atoms with Gasteiger partial charge in [0, 0.05) is 32.3 Å². The first kappa shape index (κ1) is 21.9. The molecule has 2 aliphatic rings. The van der Waals surface area contributed by atoms with Crippen molar-refractivity contribution >= 4 is 34.0 Å². The van der Waals surface area contributed by atoms with Crippen LogP contribution in [0.15, 0.2) is 39.2 Å². The van der Waals surface area contributed by atoms with Crippen LogP contribution in [0.4, 0.5) is 0 Å². The van der Waals surface area contributed by atoms with Gasteiger partial charge < -0.3 is 24.6 Å². The average Bonchev–Trinajstić information content (AvgIpc) is 2.73. The minimum atomic E-state index is -0.619. The number of aliphatic imine (C=N–C) groups is 1. The zero-order chi connectivity index (χ0) is 22.3. The summed E-state index contributed by atoms with van der Waals surface area (Å²) < 4.78 is 6.95. The molecule has 2 N–H and O–H groups in total. The minimum absolute atomic E-state index is 0.0156. The van der Waals surface area contributed by atoms with Crippen LogP contribution in [-0.2, 0) is 11.8 Å². The van der Waals surface area contributed by atoms with Gasteiger partial charge in [-0.2, -0.15) is 0 Å². The second kappa shape index (κ2) is 8.65. The highest BCUT2D eigenvalue weighted by molar-refractivity contribution is 6.33. The number of hydrogen-bond donors (Lipinski definition) is 2. The number of aliphatic hydroxyl groups is 1. The lowest BCUT2D eigenvalue weighted by Gasteiger charge is -2.32. The van der Waals surface area contributed by atoms with E-state index in [0.29, 0.717) is 42.6 Å². The summed E-state index contributed by atoms with van der Waals surface area (Å²) in [4.78, 5) is 19.3. The Morgan fingerprint density at radius 2 is 2.06 bits per heavy atom. The van der Waals surface area contributed by atoms with Crippen molar-refractivity contribution in [3.05, 3.63) is 50.9 Å². The van der Waals surface area contributed by atoms with Gasteiger partial charge in [0.05, 0.1) is 36.0 Å². The highest BCUT2D eigenvalue weighted by atomic mass is 35.5. The first-order valence-electron chi connectivity index (χ1n) is 10.6. The second-order valence-electron chi connectivity index (χ2n) is 8.63. The van der Waals surface area contributed by atoms with Crippen LogP contribution < -0.4 is 10.9 Å². The molecule has 0 aliphatic carbocycles. The van der Waals surface area contributed by atoms with Crippen LogP contribution >= 0.6 is 11.6 Å². The van der Waals surface area contributed by atoms with Crippen LogP contribution in [-0.4, -0.2) is 59.5 Å². The Kier molecular flexibility index (Phi) is 6.10. The molecule has 8 heteroatoms. The van der Waals surface area contributed by atoms with Crippen LogP contribution in [0.5, 0.6) is 0 Å². The predicted octanol–water partition coefficient (Wildman–Crippen LogP) is 2.61. The predicted molar refractivity (Wildman–Crippen MR) is 124 cm³/mol. The van der Waals surface area contributed by atoms with E-state index in [2.05, 4.69) is 19.2 Å². The van der Waals surface area contributed by atoms with E-state index in [4.69, 9.17) is 21.3 Å². The van der Waals surface area contributed by atoms with Crippen molar-refractivity contribution in [2.24, 2.45) is 12.0 Å². The van der Waals surface area contributed by atoms with Crippen molar-refractivity contribution < 1.29 is 9.84 Å². The summed E-state index contributed by atoms with van der Waals surface area (Å²) in [5, 5.41) is 15.9. The second-order valence-corrected chi connectivity index (χ2v) is 9.08. The minimum Gasteiger partial charge on any atom is -0.388 e. The lowest BCUT2D eigenvalue weighted by atomic mass is 9.96. The van der Waals surface area contributed by atoms with Gasteiger partial charge in [-0.15, -0.1) is 0 Å². The topological polar surface area (TPSA) is 79.1 Å². The van der Waals surface area contributed by atoms with Crippen LogP contribution in [0.3, 0.4) is 0 Å². The number of fused-ring (bicyclic) bond motifs is 1. The molecular formula is C23H29ClN4O3. The van der Waals surface area contributed by atoms with Crippen LogP contribution in [0.1, 0.15) is 37.3 Å². The van der Waals surface area contributed by atoms with E-state index in [9.17, 15) is 9.90 Å². The molecule has 2 aliphatic heterocycles. The third kappa shape index (κ3) is 4.22. The zero-order valence-corrected chi connectivity index (χ0v) is 19.1. The number of guanidine groups is 1. The molecule has 0 unspecified atom stereocenters. The molecule has 0 spiro atoms. The van der Waals surface area contributed by atoms with E-state index < -0.39 is 6.10 Å². The number of rotatable bonds is 3. The summed E-state index contributed by atoms with van der Waals surface area (Å²) in [6.07, 6.45) is 1.97. The number of aryl methyl sites for hydroxylation is 1. The molecule has 0 saturated carbocycles. The van der Waals surface area contributed by atoms with Gasteiger partial charge in [0.25, 0.3) is 5.56 Å². The number of benzene rings is 1.